The van der Waals surface area contributed by atoms with Gasteiger partial charge >= 0.3 is 6.03 Å². The predicted octanol–water partition coefficient (Wildman–Crippen LogP) is 7.95. The minimum Gasteiger partial charge on any atom is -0.362 e. The van der Waals surface area contributed by atoms with Crippen LogP contribution in [0.3, 0.4) is 0 Å². The standard InChI is InChI=1S/C38H45Br2N7O/c1-27(45-22-16-30(17-23-45)46-24-15-29-9-2-3-10-33(29)43-38(46)48)41-35(26-28-13-14-31(39)32(40)25-28)37-42-34-11-4-5-12-36(34)47(37)21-8-20-44-18-6-7-19-44/h2-5,9-14,25,30,35,41H,1,6-8,15-24,26H2,(H,43,48). The maximum Gasteiger partial charge on any atom is 0.322 e. The molecule has 0 bridgehead atoms. The van der Waals surface area contributed by atoms with Crippen molar-refractivity contribution in [3.05, 3.63) is 105 Å². The number of hydrogen-bond acceptors (Lipinski definition) is 5. The average molecular weight is 776 g/mol. The number of halogens is 2. The zero-order valence-electron chi connectivity index (χ0n) is 27.5. The van der Waals surface area contributed by atoms with Crippen molar-refractivity contribution in [2.45, 2.75) is 63.6 Å². The first-order valence-corrected chi connectivity index (χ1v) is 19.0. The number of piperidine rings is 1. The number of aromatic nitrogens is 2. The van der Waals surface area contributed by atoms with Crippen molar-refractivity contribution in [2.75, 3.05) is 44.6 Å². The van der Waals surface area contributed by atoms with Gasteiger partial charge in [-0.1, -0.05) is 43.0 Å². The van der Waals surface area contributed by atoms with Gasteiger partial charge in [0.1, 0.15) is 5.82 Å². The molecule has 4 heterocycles. The molecule has 10 heteroatoms. The van der Waals surface area contributed by atoms with Crippen molar-refractivity contribution in [1.82, 2.24) is 29.6 Å². The summed E-state index contributed by atoms with van der Waals surface area (Å²) in [5, 5.41) is 7.01. The number of rotatable bonds is 11. The minimum absolute atomic E-state index is 0.0136. The summed E-state index contributed by atoms with van der Waals surface area (Å²) in [6.45, 7) is 11.5. The van der Waals surface area contributed by atoms with Crippen LogP contribution in [0.25, 0.3) is 11.0 Å². The third kappa shape index (κ3) is 7.45. The molecule has 3 aliphatic heterocycles. The van der Waals surface area contributed by atoms with Crippen LogP contribution in [0.4, 0.5) is 10.5 Å². The first kappa shape index (κ1) is 33.2. The van der Waals surface area contributed by atoms with E-state index in [1.165, 1.54) is 42.6 Å². The van der Waals surface area contributed by atoms with Crippen LogP contribution in [-0.2, 0) is 19.4 Å². The number of aryl methyl sites for hydroxylation is 1. The van der Waals surface area contributed by atoms with Crippen molar-refractivity contribution < 1.29 is 4.79 Å². The van der Waals surface area contributed by atoms with Gasteiger partial charge in [-0.05, 0) is 138 Å². The molecule has 252 valence electrons. The fourth-order valence-corrected chi connectivity index (χ4v) is 8.31. The highest BCUT2D eigenvalue weighted by molar-refractivity contribution is 9.13. The predicted molar refractivity (Wildman–Crippen MR) is 201 cm³/mol. The molecule has 1 aromatic heterocycles. The second kappa shape index (κ2) is 15.0. The number of anilines is 1. The summed E-state index contributed by atoms with van der Waals surface area (Å²) < 4.78 is 4.52. The summed E-state index contributed by atoms with van der Waals surface area (Å²) in [6, 6.07) is 23.3. The molecule has 3 aromatic carbocycles. The molecular formula is C38H45Br2N7O. The lowest BCUT2D eigenvalue weighted by atomic mass is 10.0. The van der Waals surface area contributed by atoms with Gasteiger partial charge in [0.25, 0.3) is 0 Å². The number of urea groups is 1. The lowest BCUT2D eigenvalue weighted by molar-refractivity contribution is 0.139. The van der Waals surface area contributed by atoms with E-state index in [2.05, 4.69) is 112 Å². The number of hydrogen-bond donors (Lipinski definition) is 2. The molecule has 0 saturated carbocycles. The zero-order chi connectivity index (χ0) is 33.0. The minimum atomic E-state index is -0.0719. The number of benzene rings is 3. The fraction of sp³-hybridized carbons (Fsp3) is 0.421. The smallest absolute Gasteiger partial charge is 0.322 e. The highest BCUT2D eigenvalue weighted by atomic mass is 79.9. The molecule has 48 heavy (non-hydrogen) atoms. The molecule has 0 spiro atoms. The van der Waals surface area contributed by atoms with Crippen LogP contribution < -0.4 is 10.6 Å². The quantitative estimate of drug-likeness (QED) is 0.162. The van der Waals surface area contributed by atoms with Gasteiger partial charge in [0.2, 0.25) is 0 Å². The fourth-order valence-electron chi connectivity index (χ4n) is 7.64. The topological polar surface area (TPSA) is 68.7 Å². The Kier molecular flexibility index (Phi) is 10.4. The first-order valence-electron chi connectivity index (χ1n) is 17.4. The van der Waals surface area contributed by atoms with Crippen molar-refractivity contribution in [2.24, 2.45) is 0 Å². The van der Waals surface area contributed by atoms with Crippen LogP contribution in [0.5, 0.6) is 0 Å². The number of carbonyl (C=O) groups excluding carboxylic acids is 1. The highest BCUT2D eigenvalue weighted by Crippen LogP contribution is 2.30. The summed E-state index contributed by atoms with van der Waals surface area (Å²) in [7, 11) is 0. The van der Waals surface area contributed by atoms with Crippen LogP contribution in [-0.4, -0.2) is 75.6 Å². The molecule has 3 aliphatic rings. The maximum atomic E-state index is 13.2. The number of likely N-dealkylation sites (tertiary alicyclic amines) is 2. The molecule has 0 aliphatic carbocycles. The van der Waals surface area contributed by atoms with Gasteiger partial charge in [0.15, 0.2) is 0 Å². The summed E-state index contributed by atoms with van der Waals surface area (Å²) >= 11 is 7.36. The Morgan fingerprint density at radius 2 is 1.71 bits per heavy atom. The first-order chi connectivity index (χ1) is 23.4. The number of amides is 2. The van der Waals surface area contributed by atoms with E-state index in [4.69, 9.17) is 4.98 Å². The Morgan fingerprint density at radius 3 is 2.52 bits per heavy atom. The SMILES string of the molecule is C=C(NC(Cc1ccc(Br)c(Br)c1)c1nc2ccccc2n1CCCN1CCCC1)N1CCC(N2CCc3ccccc3NC2=O)CC1. The van der Waals surface area contributed by atoms with Crippen LogP contribution in [0.1, 0.15) is 55.1 Å². The molecule has 4 aromatic rings. The summed E-state index contributed by atoms with van der Waals surface area (Å²) in [6.07, 6.45) is 7.17. The van der Waals surface area contributed by atoms with Gasteiger partial charge in [0, 0.05) is 46.9 Å². The van der Waals surface area contributed by atoms with E-state index in [-0.39, 0.29) is 18.1 Å². The molecule has 2 N–H and O–H groups in total. The Morgan fingerprint density at radius 1 is 0.938 bits per heavy atom. The van der Waals surface area contributed by atoms with Crippen molar-refractivity contribution in [1.29, 1.82) is 0 Å². The van der Waals surface area contributed by atoms with E-state index in [9.17, 15) is 4.79 Å². The highest BCUT2D eigenvalue weighted by Gasteiger charge is 2.31. The van der Waals surface area contributed by atoms with Crippen LogP contribution in [0.2, 0.25) is 0 Å². The largest absolute Gasteiger partial charge is 0.362 e. The van der Waals surface area contributed by atoms with Crippen molar-refractivity contribution in [3.8, 4) is 0 Å². The number of nitrogens with zero attached hydrogens (tertiary/aromatic N) is 5. The number of fused-ring (bicyclic) bond motifs is 2. The van der Waals surface area contributed by atoms with Gasteiger partial charge in [-0.15, -0.1) is 0 Å². The summed E-state index contributed by atoms with van der Waals surface area (Å²) in [4.78, 5) is 25.5. The molecule has 0 radical (unpaired) electrons. The Balaban J connectivity index is 1.08. The Bertz CT molecular complexity index is 1760. The molecule has 1 atom stereocenters. The third-order valence-electron chi connectivity index (χ3n) is 10.2. The summed E-state index contributed by atoms with van der Waals surface area (Å²) in [5.74, 6) is 1.96. The van der Waals surface area contributed by atoms with Crippen LogP contribution in [0, 0.1) is 0 Å². The molecule has 2 fully saturated rings. The van der Waals surface area contributed by atoms with Gasteiger partial charge < -0.3 is 29.9 Å². The van der Waals surface area contributed by atoms with Gasteiger partial charge in [-0.3, -0.25) is 0 Å². The van der Waals surface area contributed by atoms with E-state index < -0.39 is 0 Å². The Labute approximate surface area is 300 Å². The molecule has 1 unspecified atom stereocenters. The molecule has 8 nitrogen and oxygen atoms in total. The molecular weight excluding hydrogens is 730 g/mol. The summed E-state index contributed by atoms with van der Waals surface area (Å²) in [5.41, 5.74) is 5.57. The van der Waals surface area contributed by atoms with E-state index in [0.29, 0.717) is 0 Å². The van der Waals surface area contributed by atoms with Gasteiger partial charge in [-0.25, -0.2) is 9.78 Å². The molecule has 2 saturated heterocycles. The number of imidazole rings is 1. The van der Waals surface area contributed by atoms with Crippen molar-refractivity contribution >= 4 is 54.6 Å². The normalized spacial score (nSPS) is 18.1. The molecule has 2 amide bonds. The van der Waals surface area contributed by atoms with E-state index >= 15 is 0 Å². The van der Waals surface area contributed by atoms with Crippen LogP contribution >= 0.6 is 31.9 Å². The average Bonchev–Trinajstić information content (AvgIpc) is 3.71. The van der Waals surface area contributed by atoms with E-state index in [1.807, 2.05) is 23.1 Å². The van der Waals surface area contributed by atoms with Gasteiger partial charge in [-0.2, -0.15) is 0 Å². The zero-order valence-corrected chi connectivity index (χ0v) is 30.7. The third-order valence-corrected chi connectivity index (χ3v) is 12.1. The monoisotopic (exact) mass is 773 g/mol. The van der Waals surface area contributed by atoms with Crippen molar-refractivity contribution in [3.63, 3.8) is 0 Å². The lowest BCUT2D eigenvalue weighted by Gasteiger charge is -2.40. The number of para-hydroxylation sites is 3. The Hall–Kier alpha value is -3.34. The number of carbonyl (C=O) groups is 1. The second-order valence-corrected chi connectivity index (χ2v) is 15.1. The lowest BCUT2D eigenvalue weighted by Crippen LogP contribution is -2.49. The number of nitrogens with one attached hydrogen (secondary N) is 2. The van der Waals surface area contributed by atoms with Gasteiger partial charge in [0.05, 0.1) is 22.9 Å². The van der Waals surface area contributed by atoms with Crippen LogP contribution in [0.15, 0.2) is 88.1 Å². The second-order valence-electron chi connectivity index (χ2n) is 13.4. The van der Waals surface area contributed by atoms with E-state index in [1.54, 1.807) is 0 Å². The maximum absolute atomic E-state index is 13.2. The molecule has 7 rings (SSSR count). The van der Waals surface area contributed by atoms with E-state index in [0.717, 1.165) is 96.6 Å².